The summed E-state index contributed by atoms with van der Waals surface area (Å²) in [6, 6.07) is 14.0. The number of aromatic nitrogens is 3. The van der Waals surface area contributed by atoms with E-state index in [1.54, 1.807) is 12.3 Å². The van der Waals surface area contributed by atoms with Crippen LogP contribution in [0.2, 0.25) is 10.0 Å². The lowest BCUT2D eigenvalue weighted by atomic mass is 10.0. The highest BCUT2D eigenvalue weighted by atomic mass is 35.5. The molecular formula is C21H17Cl2N3. The normalized spacial score (nSPS) is 11.2. The number of halogens is 2. The number of rotatable bonds is 5. The number of hydrogen-bond donors (Lipinski definition) is 1. The molecule has 0 saturated heterocycles. The van der Waals surface area contributed by atoms with E-state index in [1.807, 2.05) is 30.6 Å². The summed E-state index contributed by atoms with van der Waals surface area (Å²) in [6.45, 7) is 0. The van der Waals surface area contributed by atoms with Crippen LogP contribution in [0.15, 0.2) is 61.1 Å². The Morgan fingerprint density at radius 2 is 1.81 bits per heavy atom. The monoisotopic (exact) mass is 381 g/mol. The van der Waals surface area contributed by atoms with E-state index < -0.39 is 0 Å². The van der Waals surface area contributed by atoms with Crippen LogP contribution in [0.1, 0.15) is 22.4 Å². The highest BCUT2D eigenvalue weighted by Crippen LogP contribution is 2.26. The number of pyridine rings is 2. The van der Waals surface area contributed by atoms with Gasteiger partial charge in [0.05, 0.1) is 10.0 Å². The van der Waals surface area contributed by atoms with Gasteiger partial charge in [-0.1, -0.05) is 41.4 Å². The Morgan fingerprint density at radius 3 is 2.65 bits per heavy atom. The maximum absolute atomic E-state index is 6.25. The van der Waals surface area contributed by atoms with E-state index in [4.69, 9.17) is 23.2 Å². The minimum atomic E-state index is 0.598. The average Bonchev–Trinajstić information content (AvgIpc) is 3.07. The Balaban J connectivity index is 1.44. The molecule has 0 unspecified atom stereocenters. The van der Waals surface area contributed by atoms with Gasteiger partial charge in [-0.05, 0) is 53.8 Å². The standard InChI is InChI=1S/C21H17Cl2N3/c22-19-5-1-3-15(20(19)23)7-9-17-8-6-14(12-25-17)11-16-13-26-21-18(16)4-2-10-24-21/h1-6,8,10,12-13H,7,9,11H2,(H,24,26). The molecule has 4 aromatic rings. The molecule has 0 aliphatic rings. The minimum Gasteiger partial charge on any atom is -0.346 e. The largest absolute Gasteiger partial charge is 0.346 e. The molecule has 3 aromatic heterocycles. The first-order valence-electron chi connectivity index (χ1n) is 8.48. The molecule has 5 heteroatoms. The molecule has 4 rings (SSSR count). The maximum atomic E-state index is 6.25. The van der Waals surface area contributed by atoms with Gasteiger partial charge in [0.15, 0.2) is 0 Å². The third-order valence-electron chi connectivity index (χ3n) is 4.50. The predicted octanol–water partition coefficient (Wildman–Crippen LogP) is 5.64. The number of nitrogens with one attached hydrogen (secondary N) is 1. The molecule has 1 N–H and O–H groups in total. The molecule has 0 spiro atoms. The predicted molar refractivity (Wildman–Crippen MR) is 107 cm³/mol. The summed E-state index contributed by atoms with van der Waals surface area (Å²) in [5.41, 5.74) is 5.43. The molecule has 3 nitrogen and oxygen atoms in total. The number of aryl methyl sites for hydroxylation is 2. The summed E-state index contributed by atoms with van der Waals surface area (Å²) < 4.78 is 0. The zero-order valence-corrected chi connectivity index (χ0v) is 15.6. The van der Waals surface area contributed by atoms with Crippen molar-refractivity contribution >= 4 is 34.2 Å². The summed E-state index contributed by atoms with van der Waals surface area (Å²) in [5.74, 6) is 0. The Bertz CT molecular complexity index is 1040. The minimum absolute atomic E-state index is 0.598. The van der Waals surface area contributed by atoms with Crippen LogP contribution in [0, 0.1) is 0 Å². The number of H-pyrrole nitrogens is 1. The fraction of sp³-hybridized carbons (Fsp3) is 0.143. The first kappa shape index (κ1) is 17.1. The SMILES string of the molecule is Clc1cccc(CCc2ccc(Cc3c[nH]c4ncccc34)cn2)c1Cl. The fourth-order valence-corrected chi connectivity index (χ4v) is 3.51. The summed E-state index contributed by atoms with van der Waals surface area (Å²) >= 11 is 12.3. The average molecular weight is 382 g/mol. The van der Waals surface area contributed by atoms with Crippen molar-refractivity contribution in [2.75, 3.05) is 0 Å². The molecule has 0 atom stereocenters. The zero-order chi connectivity index (χ0) is 17.9. The number of hydrogen-bond acceptors (Lipinski definition) is 2. The van der Waals surface area contributed by atoms with Crippen molar-refractivity contribution in [3.8, 4) is 0 Å². The Kier molecular flexibility index (Phi) is 4.91. The molecule has 26 heavy (non-hydrogen) atoms. The van der Waals surface area contributed by atoms with Crippen molar-refractivity contribution in [1.82, 2.24) is 15.0 Å². The third kappa shape index (κ3) is 3.59. The number of aromatic amines is 1. The van der Waals surface area contributed by atoms with Gasteiger partial charge in [0.25, 0.3) is 0 Å². The Morgan fingerprint density at radius 1 is 0.885 bits per heavy atom. The second-order valence-electron chi connectivity index (χ2n) is 6.26. The topological polar surface area (TPSA) is 41.6 Å². The maximum Gasteiger partial charge on any atom is 0.137 e. The first-order chi connectivity index (χ1) is 12.7. The van der Waals surface area contributed by atoms with E-state index >= 15 is 0 Å². The Hall–Kier alpha value is -2.36. The van der Waals surface area contributed by atoms with Gasteiger partial charge in [-0.3, -0.25) is 4.98 Å². The lowest BCUT2D eigenvalue weighted by molar-refractivity contribution is 0.908. The number of fused-ring (bicyclic) bond motifs is 1. The first-order valence-corrected chi connectivity index (χ1v) is 9.24. The number of benzene rings is 1. The molecule has 0 aliphatic heterocycles. The van der Waals surface area contributed by atoms with Crippen LogP contribution in [-0.4, -0.2) is 15.0 Å². The van der Waals surface area contributed by atoms with Crippen LogP contribution in [0.5, 0.6) is 0 Å². The summed E-state index contributed by atoms with van der Waals surface area (Å²) in [6.07, 6.45) is 8.25. The molecule has 0 bridgehead atoms. The third-order valence-corrected chi connectivity index (χ3v) is 5.36. The van der Waals surface area contributed by atoms with Gasteiger partial charge in [-0.25, -0.2) is 4.98 Å². The van der Waals surface area contributed by atoms with Crippen molar-refractivity contribution < 1.29 is 0 Å². The molecule has 0 fully saturated rings. The highest BCUT2D eigenvalue weighted by molar-refractivity contribution is 6.42. The smallest absolute Gasteiger partial charge is 0.137 e. The number of nitrogens with zero attached hydrogens (tertiary/aromatic N) is 2. The summed E-state index contributed by atoms with van der Waals surface area (Å²) in [4.78, 5) is 12.2. The van der Waals surface area contributed by atoms with Gasteiger partial charge >= 0.3 is 0 Å². The summed E-state index contributed by atoms with van der Waals surface area (Å²) in [5, 5.41) is 2.39. The molecule has 0 radical (unpaired) electrons. The van der Waals surface area contributed by atoms with Gasteiger partial charge in [0.1, 0.15) is 5.65 Å². The fourth-order valence-electron chi connectivity index (χ4n) is 3.09. The van der Waals surface area contributed by atoms with E-state index in [0.717, 1.165) is 41.6 Å². The van der Waals surface area contributed by atoms with E-state index in [0.29, 0.717) is 10.0 Å². The van der Waals surface area contributed by atoms with Crippen LogP contribution in [-0.2, 0) is 19.3 Å². The molecule has 130 valence electrons. The molecular weight excluding hydrogens is 365 g/mol. The van der Waals surface area contributed by atoms with Gasteiger partial charge in [-0.15, -0.1) is 0 Å². The lowest BCUT2D eigenvalue weighted by Crippen LogP contribution is -1.97. The highest BCUT2D eigenvalue weighted by Gasteiger charge is 2.07. The van der Waals surface area contributed by atoms with Crippen molar-refractivity contribution in [3.05, 3.63) is 93.5 Å². The Labute approximate surface area is 162 Å². The molecule has 0 saturated carbocycles. The quantitative estimate of drug-likeness (QED) is 0.485. The van der Waals surface area contributed by atoms with E-state index in [9.17, 15) is 0 Å². The van der Waals surface area contributed by atoms with Gasteiger partial charge < -0.3 is 4.98 Å². The second kappa shape index (κ2) is 7.48. The van der Waals surface area contributed by atoms with E-state index in [2.05, 4.69) is 33.2 Å². The molecule has 0 amide bonds. The second-order valence-corrected chi connectivity index (χ2v) is 7.05. The van der Waals surface area contributed by atoms with Gasteiger partial charge in [-0.2, -0.15) is 0 Å². The van der Waals surface area contributed by atoms with Crippen LogP contribution in [0.25, 0.3) is 11.0 Å². The van der Waals surface area contributed by atoms with Gasteiger partial charge in [0, 0.05) is 36.1 Å². The van der Waals surface area contributed by atoms with Crippen LogP contribution < -0.4 is 0 Å². The van der Waals surface area contributed by atoms with Crippen LogP contribution in [0.4, 0.5) is 0 Å². The van der Waals surface area contributed by atoms with Crippen molar-refractivity contribution in [2.45, 2.75) is 19.3 Å². The molecule has 1 aromatic carbocycles. The lowest BCUT2D eigenvalue weighted by Gasteiger charge is -2.06. The van der Waals surface area contributed by atoms with Crippen LogP contribution >= 0.6 is 23.2 Å². The van der Waals surface area contributed by atoms with Crippen molar-refractivity contribution in [1.29, 1.82) is 0 Å². The van der Waals surface area contributed by atoms with E-state index in [-0.39, 0.29) is 0 Å². The zero-order valence-electron chi connectivity index (χ0n) is 14.0. The van der Waals surface area contributed by atoms with Crippen molar-refractivity contribution in [2.24, 2.45) is 0 Å². The molecule has 0 aliphatic carbocycles. The molecule has 3 heterocycles. The van der Waals surface area contributed by atoms with E-state index in [1.165, 1.54) is 11.1 Å². The van der Waals surface area contributed by atoms with Crippen molar-refractivity contribution in [3.63, 3.8) is 0 Å². The summed E-state index contributed by atoms with van der Waals surface area (Å²) in [7, 11) is 0. The van der Waals surface area contributed by atoms with Crippen LogP contribution in [0.3, 0.4) is 0 Å². The van der Waals surface area contributed by atoms with Gasteiger partial charge in [0.2, 0.25) is 0 Å².